The van der Waals surface area contributed by atoms with Gasteiger partial charge in [-0.1, -0.05) is 45.4 Å². The number of quaternary nitrogens is 1. The van der Waals surface area contributed by atoms with Gasteiger partial charge in [0.1, 0.15) is 0 Å². The lowest BCUT2D eigenvalue weighted by Gasteiger charge is -2.33. The molecule has 18 heavy (non-hydrogen) atoms. The number of nitrogens with zero attached hydrogens (tertiary/aromatic N) is 1. The average molecular weight is 258 g/mol. The molecule has 0 aliphatic rings. The Kier molecular flexibility index (Phi) is 9.08. The van der Waals surface area contributed by atoms with E-state index in [1.165, 1.54) is 44.9 Å². The lowest BCUT2D eigenvalue weighted by atomic mass is 10.1. The Bertz CT molecular complexity index is 227. The Labute approximate surface area is 113 Å². The molecule has 0 radical (unpaired) electrons. The van der Waals surface area contributed by atoms with E-state index in [0.29, 0.717) is 4.48 Å². The van der Waals surface area contributed by atoms with Crippen LogP contribution in [-0.2, 0) is 4.79 Å². The van der Waals surface area contributed by atoms with Crippen LogP contribution in [0.15, 0.2) is 0 Å². The molecule has 108 valence electrons. The normalized spacial score (nSPS) is 13.6. The van der Waals surface area contributed by atoms with Gasteiger partial charge in [0.05, 0.1) is 20.6 Å². The molecule has 1 atom stereocenters. The zero-order valence-electron chi connectivity index (χ0n) is 12.7. The molecule has 0 aromatic heterocycles. The van der Waals surface area contributed by atoms with Gasteiger partial charge >= 0.3 is 5.97 Å². The van der Waals surface area contributed by atoms with Gasteiger partial charge in [-0.3, -0.25) is 0 Å². The number of hydrogen-bond acceptors (Lipinski definition) is 1. The van der Waals surface area contributed by atoms with E-state index < -0.39 is 5.97 Å². The second-order valence-corrected chi connectivity index (χ2v) is 5.99. The third-order valence-electron chi connectivity index (χ3n) is 3.99. The van der Waals surface area contributed by atoms with Gasteiger partial charge in [0, 0.05) is 0 Å². The number of carboxylic acids is 1. The van der Waals surface area contributed by atoms with E-state index in [1.807, 2.05) is 14.1 Å². The highest BCUT2D eigenvalue weighted by Crippen LogP contribution is 2.12. The number of hydrogen-bond donors (Lipinski definition) is 1. The molecule has 0 aliphatic heterocycles. The SMILES string of the molecule is CCCCCCCCCC[N+](C)(C)C(C)C(=O)O. The molecule has 0 bridgehead atoms. The lowest BCUT2D eigenvalue weighted by molar-refractivity contribution is -0.904. The second kappa shape index (κ2) is 9.37. The zero-order valence-corrected chi connectivity index (χ0v) is 12.7. The smallest absolute Gasteiger partial charge is 0.362 e. The molecule has 0 saturated heterocycles. The first-order chi connectivity index (χ1) is 8.41. The maximum absolute atomic E-state index is 11.0. The van der Waals surface area contributed by atoms with Crippen molar-refractivity contribution in [3.63, 3.8) is 0 Å². The van der Waals surface area contributed by atoms with Crippen LogP contribution in [0.1, 0.15) is 65.2 Å². The molecule has 0 rings (SSSR count). The van der Waals surface area contributed by atoms with Crippen LogP contribution in [0.3, 0.4) is 0 Å². The first-order valence-electron chi connectivity index (χ1n) is 7.47. The first kappa shape index (κ1) is 17.4. The van der Waals surface area contributed by atoms with Crippen LogP contribution in [0.4, 0.5) is 0 Å². The summed E-state index contributed by atoms with van der Waals surface area (Å²) >= 11 is 0. The molecule has 1 N–H and O–H groups in total. The highest BCUT2D eigenvalue weighted by molar-refractivity contribution is 5.71. The summed E-state index contributed by atoms with van der Waals surface area (Å²) in [6.07, 6.45) is 10.4. The fourth-order valence-electron chi connectivity index (χ4n) is 2.15. The summed E-state index contributed by atoms with van der Waals surface area (Å²) in [6.45, 7) is 5.00. The number of likely N-dealkylation sites (N-methyl/N-ethyl adjacent to an activating group) is 1. The summed E-state index contributed by atoms with van der Waals surface area (Å²) in [4.78, 5) is 11.0. The van der Waals surface area contributed by atoms with Crippen molar-refractivity contribution >= 4 is 5.97 Å². The summed E-state index contributed by atoms with van der Waals surface area (Å²) < 4.78 is 0.588. The molecule has 0 aliphatic carbocycles. The number of carbonyl (C=O) groups is 1. The minimum absolute atomic E-state index is 0.311. The molecule has 0 heterocycles. The maximum atomic E-state index is 11.0. The summed E-state index contributed by atoms with van der Waals surface area (Å²) in [6, 6.07) is -0.311. The summed E-state index contributed by atoms with van der Waals surface area (Å²) in [7, 11) is 4.03. The molecule has 0 aromatic carbocycles. The lowest BCUT2D eigenvalue weighted by Crippen LogP contribution is -2.51. The van der Waals surface area contributed by atoms with Crippen LogP contribution in [0, 0.1) is 0 Å². The quantitative estimate of drug-likeness (QED) is 0.453. The summed E-state index contributed by atoms with van der Waals surface area (Å²) in [5, 5.41) is 9.03. The molecule has 3 heteroatoms. The number of unbranched alkanes of at least 4 members (excludes halogenated alkanes) is 7. The largest absolute Gasteiger partial charge is 0.477 e. The topological polar surface area (TPSA) is 37.3 Å². The van der Waals surface area contributed by atoms with Crippen molar-refractivity contribution in [1.29, 1.82) is 0 Å². The third-order valence-corrected chi connectivity index (χ3v) is 3.99. The first-order valence-corrected chi connectivity index (χ1v) is 7.47. The van der Waals surface area contributed by atoms with Crippen LogP contribution in [-0.4, -0.2) is 42.2 Å². The molecule has 3 nitrogen and oxygen atoms in total. The molecule has 1 unspecified atom stereocenters. The van der Waals surface area contributed by atoms with Gasteiger partial charge < -0.3 is 9.59 Å². The number of aliphatic carboxylic acids is 1. The molecular weight excluding hydrogens is 226 g/mol. The van der Waals surface area contributed by atoms with Gasteiger partial charge in [0.2, 0.25) is 0 Å². The molecule has 0 saturated carbocycles. The van der Waals surface area contributed by atoms with Crippen LogP contribution >= 0.6 is 0 Å². The van der Waals surface area contributed by atoms with Gasteiger partial charge in [-0.25, -0.2) is 4.79 Å². The number of carboxylic acid groups (broad SMARTS) is 1. The van der Waals surface area contributed by atoms with Gasteiger partial charge in [-0.15, -0.1) is 0 Å². The monoisotopic (exact) mass is 258 g/mol. The zero-order chi connectivity index (χ0) is 14.0. The fraction of sp³-hybridized carbons (Fsp3) is 0.933. The van der Waals surface area contributed by atoms with Crippen molar-refractivity contribution in [2.45, 2.75) is 71.3 Å². The van der Waals surface area contributed by atoms with Crippen LogP contribution in [0.2, 0.25) is 0 Å². The molecule has 0 fully saturated rings. The standard InChI is InChI=1S/C15H31NO2/c1-5-6-7-8-9-10-11-12-13-16(3,4)14(2)15(17)18/h14H,5-13H2,1-4H3/p+1. The van der Waals surface area contributed by atoms with Gasteiger partial charge in [0.25, 0.3) is 0 Å². The van der Waals surface area contributed by atoms with E-state index >= 15 is 0 Å². The Morgan fingerprint density at radius 2 is 1.44 bits per heavy atom. The van der Waals surface area contributed by atoms with E-state index in [-0.39, 0.29) is 6.04 Å². The van der Waals surface area contributed by atoms with Crippen molar-refractivity contribution in [3.05, 3.63) is 0 Å². The van der Waals surface area contributed by atoms with E-state index in [9.17, 15) is 4.79 Å². The van der Waals surface area contributed by atoms with E-state index in [1.54, 1.807) is 6.92 Å². The van der Waals surface area contributed by atoms with Crippen molar-refractivity contribution in [1.82, 2.24) is 0 Å². The minimum atomic E-state index is -0.695. The van der Waals surface area contributed by atoms with Crippen LogP contribution < -0.4 is 0 Å². The average Bonchev–Trinajstić information content (AvgIpc) is 2.31. The summed E-state index contributed by atoms with van der Waals surface area (Å²) in [5.74, 6) is -0.695. The minimum Gasteiger partial charge on any atom is -0.477 e. The number of rotatable bonds is 11. The molecule has 0 aromatic rings. The Morgan fingerprint density at radius 1 is 1.00 bits per heavy atom. The van der Waals surface area contributed by atoms with Crippen molar-refractivity contribution in [3.8, 4) is 0 Å². The van der Waals surface area contributed by atoms with Crippen LogP contribution in [0.25, 0.3) is 0 Å². The Morgan fingerprint density at radius 3 is 1.89 bits per heavy atom. The predicted octanol–water partition coefficient (Wildman–Crippen LogP) is 3.68. The molecular formula is C15H32NO2+. The van der Waals surface area contributed by atoms with Crippen molar-refractivity contribution in [2.24, 2.45) is 0 Å². The molecule has 0 amide bonds. The van der Waals surface area contributed by atoms with E-state index in [0.717, 1.165) is 13.0 Å². The van der Waals surface area contributed by atoms with E-state index in [4.69, 9.17) is 5.11 Å². The highest BCUT2D eigenvalue weighted by Gasteiger charge is 2.29. The van der Waals surface area contributed by atoms with Gasteiger partial charge in [0.15, 0.2) is 6.04 Å². The van der Waals surface area contributed by atoms with E-state index in [2.05, 4.69) is 6.92 Å². The van der Waals surface area contributed by atoms with Gasteiger partial charge in [-0.05, 0) is 19.8 Å². The van der Waals surface area contributed by atoms with Crippen molar-refractivity contribution < 1.29 is 14.4 Å². The maximum Gasteiger partial charge on any atom is 0.362 e. The third kappa shape index (κ3) is 7.70. The van der Waals surface area contributed by atoms with Crippen molar-refractivity contribution in [2.75, 3.05) is 20.6 Å². The second-order valence-electron chi connectivity index (χ2n) is 5.99. The Hall–Kier alpha value is -0.570. The fourth-order valence-corrected chi connectivity index (χ4v) is 2.15. The predicted molar refractivity (Wildman–Crippen MR) is 76.7 cm³/mol. The molecule has 0 spiro atoms. The highest BCUT2D eigenvalue weighted by atomic mass is 16.4. The Balaban J connectivity index is 3.56. The van der Waals surface area contributed by atoms with Gasteiger partial charge in [-0.2, -0.15) is 0 Å². The summed E-state index contributed by atoms with van der Waals surface area (Å²) in [5.41, 5.74) is 0. The van der Waals surface area contributed by atoms with Crippen LogP contribution in [0.5, 0.6) is 0 Å².